The number of aromatic nitrogens is 4. The summed E-state index contributed by atoms with van der Waals surface area (Å²) in [6, 6.07) is 10.2. The number of H-pyrrole nitrogens is 1. The molecule has 1 aromatic carbocycles. The monoisotopic (exact) mass is 312 g/mol. The van der Waals surface area contributed by atoms with Gasteiger partial charge in [-0.25, -0.2) is 4.98 Å². The zero-order chi connectivity index (χ0) is 15.3. The maximum atomic E-state index is 11.9. The highest BCUT2D eigenvalue weighted by Gasteiger charge is 2.14. The van der Waals surface area contributed by atoms with Crippen molar-refractivity contribution in [1.29, 1.82) is 0 Å². The van der Waals surface area contributed by atoms with Crippen LogP contribution in [0.1, 0.15) is 4.88 Å². The van der Waals surface area contributed by atoms with Crippen molar-refractivity contribution in [3.63, 3.8) is 0 Å². The van der Waals surface area contributed by atoms with Crippen molar-refractivity contribution >= 4 is 44.5 Å². The number of rotatable bonds is 2. The van der Waals surface area contributed by atoms with Gasteiger partial charge in [0.1, 0.15) is 0 Å². The summed E-state index contributed by atoms with van der Waals surface area (Å²) >= 11 is 1.67. The third-order valence-electron chi connectivity index (χ3n) is 3.44. The largest absolute Gasteiger partial charge is 0.369 e. The number of nitrogens with two attached hydrogens (primary N) is 2. The Kier molecular flexibility index (Phi) is 2.67. The highest BCUT2D eigenvalue weighted by atomic mass is 32.1. The van der Waals surface area contributed by atoms with Gasteiger partial charge in [-0.15, -0.1) is 11.3 Å². The lowest BCUT2D eigenvalue weighted by Gasteiger charge is -2.03. The molecule has 0 aliphatic rings. The standard InChI is InChI=1S/C14H12N6OS/c15-13-18-11-10(12(21)19-13)17-14(16)20(11)6-8-5-7-3-1-2-4-9(7)22-8/h1-5H,6H2,(H2,16,17)(H3,15,18,19,21). The molecule has 8 heteroatoms. The van der Waals surface area contributed by atoms with Crippen molar-refractivity contribution in [1.82, 2.24) is 19.5 Å². The van der Waals surface area contributed by atoms with E-state index >= 15 is 0 Å². The number of anilines is 2. The predicted molar refractivity (Wildman–Crippen MR) is 87.9 cm³/mol. The summed E-state index contributed by atoms with van der Waals surface area (Å²) in [6.07, 6.45) is 0. The topological polar surface area (TPSA) is 116 Å². The molecule has 3 heterocycles. The van der Waals surface area contributed by atoms with Gasteiger partial charge < -0.3 is 11.5 Å². The van der Waals surface area contributed by atoms with Gasteiger partial charge in [-0.3, -0.25) is 14.3 Å². The first-order valence-electron chi connectivity index (χ1n) is 6.61. The van der Waals surface area contributed by atoms with Crippen LogP contribution in [0.25, 0.3) is 21.3 Å². The molecule has 3 aromatic heterocycles. The van der Waals surface area contributed by atoms with E-state index < -0.39 is 0 Å². The minimum absolute atomic E-state index is 0.0509. The number of nitrogen functional groups attached to an aromatic ring is 2. The van der Waals surface area contributed by atoms with Crippen LogP contribution in [0.15, 0.2) is 35.1 Å². The number of fused-ring (bicyclic) bond motifs is 2. The van der Waals surface area contributed by atoms with Crippen LogP contribution >= 0.6 is 11.3 Å². The Bertz CT molecular complexity index is 1030. The molecule has 0 radical (unpaired) electrons. The Morgan fingerprint density at radius 2 is 2.05 bits per heavy atom. The third kappa shape index (κ3) is 1.92. The van der Waals surface area contributed by atoms with Gasteiger partial charge in [0.25, 0.3) is 5.56 Å². The molecule has 4 rings (SSSR count). The highest BCUT2D eigenvalue weighted by Crippen LogP contribution is 2.27. The minimum Gasteiger partial charge on any atom is -0.369 e. The molecule has 0 aliphatic carbocycles. The first-order chi connectivity index (χ1) is 10.6. The summed E-state index contributed by atoms with van der Waals surface area (Å²) in [4.78, 5) is 23.6. The van der Waals surface area contributed by atoms with Crippen LogP contribution < -0.4 is 17.0 Å². The fourth-order valence-corrected chi connectivity index (χ4v) is 3.52. The van der Waals surface area contributed by atoms with Crippen LogP contribution in [0.3, 0.4) is 0 Å². The maximum Gasteiger partial charge on any atom is 0.280 e. The number of benzene rings is 1. The zero-order valence-corrected chi connectivity index (χ0v) is 12.2. The lowest BCUT2D eigenvalue weighted by atomic mass is 10.2. The third-order valence-corrected chi connectivity index (χ3v) is 4.54. The van der Waals surface area contributed by atoms with E-state index in [1.807, 2.05) is 12.1 Å². The molecule has 0 unspecified atom stereocenters. The normalized spacial score (nSPS) is 11.5. The SMILES string of the molecule is Nc1nc2c(nc(N)n2Cc2cc3ccccc3s2)c(=O)[nH]1. The zero-order valence-electron chi connectivity index (χ0n) is 11.4. The molecule has 7 nitrogen and oxygen atoms in total. The summed E-state index contributed by atoms with van der Waals surface area (Å²) < 4.78 is 2.90. The van der Waals surface area contributed by atoms with Crippen molar-refractivity contribution in [2.24, 2.45) is 0 Å². The van der Waals surface area contributed by atoms with E-state index in [2.05, 4.69) is 33.2 Å². The van der Waals surface area contributed by atoms with Gasteiger partial charge in [0, 0.05) is 9.58 Å². The smallest absolute Gasteiger partial charge is 0.280 e. The molecule has 0 aliphatic heterocycles. The summed E-state index contributed by atoms with van der Waals surface area (Å²) in [5.41, 5.74) is 11.8. The van der Waals surface area contributed by atoms with Crippen LogP contribution in [0.2, 0.25) is 0 Å². The van der Waals surface area contributed by atoms with E-state index in [0.717, 1.165) is 4.88 Å². The maximum absolute atomic E-state index is 11.9. The Morgan fingerprint density at radius 3 is 2.86 bits per heavy atom. The molecule has 0 saturated heterocycles. The van der Waals surface area contributed by atoms with E-state index in [9.17, 15) is 4.79 Å². The Hall–Kier alpha value is -2.87. The van der Waals surface area contributed by atoms with E-state index in [1.165, 1.54) is 10.1 Å². The Labute approximate surface area is 128 Å². The molecule has 0 spiro atoms. The summed E-state index contributed by atoms with van der Waals surface area (Å²) in [7, 11) is 0. The molecule has 0 saturated carbocycles. The van der Waals surface area contributed by atoms with Crippen molar-refractivity contribution in [3.05, 3.63) is 45.6 Å². The summed E-state index contributed by atoms with van der Waals surface area (Å²) in [6.45, 7) is 0.498. The fourth-order valence-electron chi connectivity index (χ4n) is 2.47. The molecule has 0 atom stereocenters. The van der Waals surface area contributed by atoms with Crippen molar-refractivity contribution < 1.29 is 0 Å². The molecule has 5 N–H and O–H groups in total. The molecule has 0 amide bonds. The molecule has 0 fully saturated rings. The average molecular weight is 312 g/mol. The lowest BCUT2D eigenvalue weighted by molar-refractivity contribution is 0.841. The molecule has 110 valence electrons. The predicted octanol–water partition coefficient (Wildman–Crippen LogP) is 1.55. The number of hydrogen-bond donors (Lipinski definition) is 3. The molecule has 4 aromatic rings. The van der Waals surface area contributed by atoms with Crippen LogP contribution in [-0.2, 0) is 6.54 Å². The van der Waals surface area contributed by atoms with E-state index in [-0.39, 0.29) is 23.0 Å². The summed E-state index contributed by atoms with van der Waals surface area (Å²) in [5.74, 6) is 0.297. The molecular formula is C14H12N6OS. The van der Waals surface area contributed by atoms with E-state index in [1.54, 1.807) is 15.9 Å². The first-order valence-corrected chi connectivity index (χ1v) is 7.42. The summed E-state index contributed by atoms with van der Waals surface area (Å²) in [5, 5.41) is 1.18. The van der Waals surface area contributed by atoms with E-state index in [4.69, 9.17) is 11.5 Å². The second kappa shape index (κ2) is 4.57. The minimum atomic E-state index is -0.385. The molecular weight excluding hydrogens is 300 g/mol. The molecule has 0 bridgehead atoms. The van der Waals surface area contributed by atoms with Gasteiger partial charge >= 0.3 is 0 Å². The van der Waals surface area contributed by atoms with Crippen LogP contribution in [-0.4, -0.2) is 19.5 Å². The lowest BCUT2D eigenvalue weighted by Crippen LogP contribution is -2.12. The molecule has 22 heavy (non-hydrogen) atoms. The van der Waals surface area contributed by atoms with E-state index in [0.29, 0.717) is 12.2 Å². The van der Waals surface area contributed by atoms with Crippen molar-refractivity contribution in [3.8, 4) is 0 Å². The number of nitrogens with zero attached hydrogens (tertiary/aromatic N) is 3. The van der Waals surface area contributed by atoms with Gasteiger partial charge in [-0.1, -0.05) is 18.2 Å². The van der Waals surface area contributed by atoms with Crippen LogP contribution in [0, 0.1) is 0 Å². The van der Waals surface area contributed by atoms with Gasteiger partial charge in [0.15, 0.2) is 11.2 Å². The Balaban J connectivity index is 1.87. The second-order valence-corrected chi connectivity index (χ2v) is 6.10. The number of thiophene rings is 1. The quantitative estimate of drug-likeness (QED) is 0.519. The number of nitrogens with one attached hydrogen (secondary N) is 1. The van der Waals surface area contributed by atoms with Crippen LogP contribution in [0.4, 0.5) is 11.9 Å². The number of aromatic amines is 1. The first kappa shape index (κ1) is 12.8. The number of hydrogen-bond acceptors (Lipinski definition) is 6. The van der Waals surface area contributed by atoms with Crippen molar-refractivity contribution in [2.75, 3.05) is 11.5 Å². The van der Waals surface area contributed by atoms with Gasteiger partial charge in [-0.2, -0.15) is 4.98 Å². The van der Waals surface area contributed by atoms with Crippen molar-refractivity contribution in [2.45, 2.75) is 6.54 Å². The highest BCUT2D eigenvalue weighted by molar-refractivity contribution is 7.19. The number of imidazole rings is 1. The second-order valence-electron chi connectivity index (χ2n) is 4.93. The average Bonchev–Trinajstić information content (AvgIpc) is 3.02. The fraction of sp³-hybridized carbons (Fsp3) is 0.0714. The van der Waals surface area contributed by atoms with Gasteiger partial charge in [0.05, 0.1) is 6.54 Å². The van der Waals surface area contributed by atoms with Gasteiger partial charge in [-0.05, 0) is 17.5 Å². The van der Waals surface area contributed by atoms with Gasteiger partial charge in [0.2, 0.25) is 11.9 Å². The Morgan fingerprint density at radius 1 is 1.23 bits per heavy atom. The van der Waals surface area contributed by atoms with Crippen LogP contribution in [0.5, 0.6) is 0 Å².